The molecule has 0 radical (unpaired) electrons. The fourth-order valence-electron chi connectivity index (χ4n) is 2.19. The third kappa shape index (κ3) is 4.31. The number of aryl methyl sites for hydroxylation is 1. The molecule has 106 valence electrons. The zero-order valence-electron chi connectivity index (χ0n) is 12.3. The van der Waals surface area contributed by atoms with Crippen LogP contribution in [0.3, 0.4) is 0 Å². The maximum atomic E-state index is 13.0. The van der Waals surface area contributed by atoms with Gasteiger partial charge in [0, 0.05) is 18.2 Å². The summed E-state index contributed by atoms with van der Waals surface area (Å²) >= 11 is 0. The molecule has 0 fully saturated rings. The molecule has 0 bridgehead atoms. The molecular weight excluding hydrogens is 243 g/mol. The molecule has 1 unspecified atom stereocenters. The number of halogens is 1. The number of hydrogen-bond donors (Lipinski definition) is 1. The lowest BCUT2D eigenvalue weighted by Gasteiger charge is -2.28. The number of nitrogens with zero attached hydrogens (tertiary/aromatic N) is 1. The fourth-order valence-corrected chi connectivity index (χ4v) is 2.19. The normalized spacial score (nSPS) is 12.8. The molecule has 0 aliphatic carbocycles. The Morgan fingerprint density at radius 3 is 2.47 bits per heavy atom. The van der Waals surface area contributed by atoms with Gasteiger partial charge in [0.25, 0.3) is 5.91 Å². The minimum atomic E-state index is -0.317. The van der Waals surface area contributed by atoms with E-state index in [1.54, 1.807) is 6.92 Å². The van der Waals surface area contributed by atoms with Crippen molar-refractivity contribution in [2.24, 2.45) is 5.92 Å². The third-order valence-corrected chi connectivity index (χ3v) is 3.34. The summed E-state index contributed by atoms with van der Waals surface area (Å²) in [7, 11) is 4.00. The van der Waals surface area contributed by atoms with E-state index in [0.717, 1.165) is 0 Å². The molecule has 1 N–H and O–H groups in total. The van der Waals surface area contributed by atoms with E-state index < -0.39 is 0 Å². The highest BCUT2D eigenvalue weighted by atomic mass is 19.1. The van der Waals surface area contributed by atoms with Gasteiger partial charge in [0.2, 0.25) is 0 Å². The van der Waals surface area contributed by atoms with Crippen molar-refractivity contribution < 1.29 is 9.18 Å². The average molecular weight is 266 g/mol. The quantitative estimate of drug-likeness (QED) is 0.888. The van der Waals surface area contributed by atoms with Gasteiger partial charge in [0.1, 0.15) is 5.82 Å². The molecule has 0 aromatic heterocycles. The first-order chi connectivity index (χ1) is 8.82. The van der Waals surface area contributed by atoms with E-state index in [0.29, 0.717) is 23.6 Å². The summed E-state index contributed by atoms with van der Waals surface area (Å²) in [4.78, 5) is 14.2. The van der Waals surface area contributed by atoms with Crippen molar-refractivity contribution in [2.45, 2.75) is 26.8 Å². The van der Waals surface area contributed by atoms with E-state index in [9.17, 15) is 9.18 Å². The Morgan fingerprint density at radius 2 is 2.00 bits per heavy atom. The lowest BCUT2D eigenvalue weighted by atomic mass is 10.0. The Balaban J connectivity index is 2.69. The van der Waals surface area contributed by atoms with E-state index in [1.165, 1.54) is 18.2 Å². The first-order valence-corrected chi connectivity index (χ1v) is 6.53. The zero-order chi connectivity index (χ0) is 14.6. The number of amides is 1. The molecular formula is C15H23FN2O. The SMILES string of the molecule is Cc1cc(F)ccc1C(=O)NCC(C(C)C)N(C)C. The highest BCUT2D eigenvalue weighted by Gasteiger charge is 2.17. The molecule has 0 saturated heterocycles. The van der Waals surface area contributed by atoms with Gasteiger partial charge in [-0.2, -0.15) is 0 Å². The van der Waals surface area contributed by atoms with Crippen LogP contribution in [0.15, 0.2) is 18.2 Å². The predicted molar refractivity (Wildman–Crippen MR) is 75.8 cm³/mol. The van der Waals surface area contributed by atoms with Crippen molar-refractivity contribution >= 4 is 5.91 Å². The lowest BCUT2D eigenvalue weighted by Crippen LogP contribution is -2.43. The smallest absolute Gasteiger partial charge is 0.251 e. The first-order valence-electron chi connectivity index (χ1n) is 6.53. The van der Waals surface area contributed by atoms with Crippen molar-refractivity contribution in [1.29, 1.82) is 0 Å². The van der Waals surface area contributed by atoms with Gasteiger partial charge in [-0.25, -0.2) is 4.39 Å². The van der Waals surface area contributed by atoms with Crippen LogP contribution in [0.1, 0.15) is 29.8 Å². The van der Waals surface area contributed by atoms with Crippen LogP contribution in [-0.4, -0.2) is 37.5 Å². The van der Waals surface area contributed by atoms with Gasteiger partial charge in [0.05, 0.1) is 0 Å². The van der Waals surface area contributed by atoms with Crippen LogP contribution >= 0.6 is 0 Å². The first kappa shape index (κ1) is 15.6. The molecule has 1 amide bonds. The Bertz CT molecular complexity index is 436. The molecule has 19 heavy (non-hydrogen) atoms. The maximum Gasteiger partial charge on any atom is 0.251 e. The summed E-state index contributed by atoms with van der Waals surface area (Å²) in [6.45, 7) is 6.57. The van der Waals surface area contributed by atoms with Crippen LogP contribution < -0.4 is 5.32 Å². The summed E-state index contributed by atoms with van der Waals surface area (Å²) < 4.78 is 13.0. The summed E-state index contributed by atoms with van der Waals surface area (Å²) in [5, 5.41) is 2.92. The van der Waals surface area contributed by atoms with Crippen molar-refractivity contribution in [1.82, 2.24) is 10.2 Å². The van der Waals surface area contributed by atoms with E-state index in [2.05, 4.69) is 24.1 Å². The molecule has 1 aromatic carbocycles. The maximum absolute atomic E-state index is 13.0. The molecule has 1 atom stereocenters. The van der Waals surface area contributed by atoms with Gasteiger partial charge >= 0.3 is 0 Å². The standard InChI is InChI=1S/C15H23FN2O/c1-10(2)14(18(4)5)9-17-15(19)13-7-6-12(16)8-11(13)3/h6-8,10,14H,9H2,1-5H3,(H,17,19). The van der Waals surface area contributed by atoms with Gasteiger partial charge < -0.3 is 10.2 Å². The number of nitrogens with one attached hydrogen (secondary N) is 1. The molecule has 0 spiro atoms. The van der Waals surface area contributed by atoms with E-state index >= 15 is 0 Å². The number of carbonyl (C=O) groups excluding carboxylic acids is 1. The van der Waals surface area contributed by atoms with Crippen molar-refractivity contribution in [3.8, 4) is 0 Å². The second-order valence-electron chi connectivity index (χ2n) is 5.44. The lowest BCUT2D eigenvalue weighted by molar-refractivity contribution is 0.0934. The summed E-state index contributed by atoms with van der Waals surface area (Å²) in [5.41, 5.74) is 1.19. The number of hydrogen-bond acceptors (Lipinski definition) is 2. The van der Waals surface area contributed by atoms with Crippen LogP contribution in [0.25, 0.3) is 0 Å². The zero-order valence-corrected chi connectivity index (χ0v) is 12.3. The van der Waals surface area contributed by atoms with Gasteiger partial charge in [-0.05, 0) is 50.7 Å². The Morgan fingerprint density at radius 1 is 1.37 bits per heavy atom. The second kappa shape index (κ2) is 6.66. The molecule has 3 nitrogen and oxygen atoms in total. The van der Waals surface area contributed by atoms with Gasteiger partial charge in [0.15, 0.2) is 0 Å². The topological polar surface area (TPSA) is 32.3 Å². The van der Waals surface area contributed by atoms with Gasteiger partial charge in [-0.3, -0.25) is 4.79 Å². The average Bonchev–Trinajstić information content (AvgIpc) is 2.27. The summed E-state index contributed by atoms with van der Waals surface area (Å²) in [6.07, 6.45) is 0. The Labute approximate surface area is 114 Å². The van der Waals surface area contributed by atoms with Crippen LogP contribution in [-0.2, 0) is 0 Å². The van der Waals surface area contributed by atoms with Crippen LogP contribution in [0.4, 0.5) is 4.39 Å². The predicted octanol–water partition coefficient (Wildman–Crippen LogP) is 2.45. The number of benzene rings is 1. The van der Waals surface area contributed by atoms with Crippen molar-refractivity contribution in [2.75, 3.05) is 20.6 Å². The van der Waals surface area contributed by atoms with Crippen LogP contribution in [0.5, 0.6) is 0 Å². The highest BCUT2D eigenvalue weighted by Crippen LogP contribution is 2.11. The fraction of sp³-hybridized carbons (Fsp3) is 0.533. The summed E-state index contributed by atoms with van der Waals surface area (Å²) in [5.74, 6) is -0.0167. The Kier molecular flexibility index (Phi) is 5.48. The second-order valence-corrected chi connectivity index (χ2v) is 5.44. The minimum absolute atomic E-state index is 0.148. The van der Waals surface area contributed by atoms with Crippen molar-refractivity contribution in [3.05, 3.63) is 35.1 Å². The van der Waals surface area contributed by atoms with Crippen LogP contribution in [0, 0.1) is 18.7 Å². The van der Waals surface area contributed by atoms with E-state index in [-0.39, 0.29) is 17.8 Å². The summed E-state index contributed by atoms with van der Waals surface area (Å²) in [6, 6.07) is 4.50. The third-order valence-electron chi connectivity index (χ3n) is 3.34. The van der Waals surface area contributed by atoms with Gasteiger partial charge in [-0.1, -0.05) is 13.8 Å². The molecule has 0 heterocycles. The molecule has 1 aromatic rings. The van der Waals surface area contributed by atoms with Gasteiger partial charge in [-0.15, -0.1) is 0 Å². The number of carbonyl (C=O) groups is 1. The minimum Gasteiger partial charge on any atom is -0.350 e. The highest BCUT2D eigenvalue weighted by molar-refractivity contribution is 5.95. The monoisotopic (exact) mass is 266 g/mol. The molecule has 1 rings (SSSR count). The number of rotatable bonds is 5. The number of likely N-dealkylation sites (N-methyl/N-ethyl adjacent to an activating group) is 1. The van der Waals surface area contributed by atoms with Crippen LogP contribution in [0.2, 0.25) is 0 Å². The van der Waals surface area contributed by atoms with Crippen molar-refractivity contribution in [3.63, 3.8) is 0 Å². The largest absolute Gasteiger partial charge is 0.350 e. The molecule has 0 saturated carbocycles. The Hall–Kier alpha value is -1.42. The van der Waals surface area contributed by atoms with E-state index in [4.69, 9.17) is 0 Å². The molecule has 0 aliphatic heterocycles. The van der Waals surface area contributed by atoms with E-state index in [1.807, 2.05) is 14.1 Å². The molecule has 0 aliphatic rings. The molecule has 4 heteroatoms.